The van der Waals surface area contributed by atoms with E-state index in [-0.39, 0.29) is 0 Å². The molecule has 2 heterocycles. The maximum atomic E-state index is 9.28. The molecule has 0 saturated carbocycles. The van der Waals surface area contributed by atoms with Crippen LogP contribution in [-0.2, 0) is 0 Å². The Balaban J connectivity index is 2.14. The Labute approximate surface area is 115 Å². The minimum atomic E-state index is 0.587. The summed E-state index contributed by atoms with van der Waals surface area (Å²) in [6.45, 7) is 7.42. The van der Waals surface area contributed by atoms with Gasteiger partial charge in [0.15, 0.2) is 0 Å². The number of likely N-dealkylation sites (N-methyl/N-ethyl adjacent to an activating group) is 2. The molecule has 19 heavy (non-hydrogen) atoms. The van der Waals surface area contributed by atoms with Crippen molar-refractivity contribution in [1.82, 2.24) is 9.88 Å². The zero-order chi connectivity index (χ0) is 13.8. The van der Waals surface area contributed by atoms with Crippen molar-refractivity contribution in [3.05, 3.63) is 23.4 Å². The molecule has 4 nitrogen and oxygen atoms in total. The van der Waals surface area contributed by atoms with Gasteiger partial charge in [-0.1, -0.05) is 6.92 Å². The van der Waals surface area contributed by atoms with Crippen molar-refractivity contribution in [3.8, 4) is 6.07 Å². The maximum absolute atomic E-state index is 9.28. The average Bonchev–Trinajstić information content (AvgIpc) is 2.85. The van der Waals surface area contributed by atoms with Crippen molar-refractivity contribution in [2.75, 3.05) is 31.6 Å². The van der Waals surface area contributed by atoms with Crippen LogP contribution in [0.3, 0.4) is 0 Å². The summed E-state index contributed by atoms with van der Waals surface area (Å²) < 4.78 is 0. The number of aromatic nitrogens is 1. The van der Waals surface area contributed by atoms with Crippen molar-refractivity contribution in [2.45, 2.75) is 32.7 Å². The molecule has 1 aromatic heterocycles. The summed E-state index contributed by atoms with van der Waals surface area (Å²) in [7, 11) is 2.04. The Morgan fingerprint density at radius 1 is 1.58 bits per heavy atom. The summed E-state index contributed by atoms with van der Waals surface area (Å²) in [5, 5.41) is 9.28. The highest BCUT2D eigenvalue weighted by atomic mass is 15.2. The van der Waals surface area contributed by atoms with Crippen LogP contribution in [0.2, 0.25) is 0 Å². The third-order valence-corrected chi connectivity index (χ3v) is 4.00. The Morgan fingerprint density at radius 3 is 3.05 bits per heavy atom. The SMILES string of the molecule is CCN1CCCC1CN(C)c1nccc(C)c1C#N. The number of hydrogen-bond acceptors (Lipinski definition) is 4. The van der Waals surface area contributed by atoms with Crippen LogP contribution in [0.15, 0.2) is 12.3 Å². The number of aryl methyl sites for hydroxylation is 1. The van der Waals surface area contributed by atoms with Gasteiger partial charge in [-0.25, -0.2) is 4.98 Å². The number of likely N-dealkylation sites (tertiary alicyclic amines) is 1. The van der Waals surface area contributed by atoms with Gasteiger partial charge >= 0.3 is 0 Å². The summed E-state index contributed by atoms with van der Waals surface area (Å²) in [5.41, 5.74) is 1.70. The van der Waals surface area contributed by atoms with Gasteiger partial charge in [0.05, 0.1) is 5.56 Å². The van der Waals surface area contributed by atoms with Crippen LogP contribution in [-0.4, -0.2) is 42.6 Å². The molecule has 1 aliphatic rings. The van der Waals surface area contributed by atoms with E-state index >= 15 is 0 Å². The van der Waals surface area contributed by atoms with Crippen molar-refractivity contribution >= 4 is 5.82 Å². The molecule has 0 N–H and O–H groups in total. The molecular formula is C15H22N4. The van der Waals surface area contributed by atoms with Crippen LogP contribution >= 0.6 is 0 Å². The van der Waals surface area contributed by atoms with Gasteiger partial charge in [-0.3, -0.25) is 4.90 Å². The third kappa shape index (κ3) is 2.87. The van der Waals surface area contributed by atoms with E-state index in [9.17, 15) is 5.26 Å². The highest BCUT2D eigenvalue weighted by molar-refractivity contribution is 5.56. The molecule has 4 heteroatoms. The van der Waals surface area contributed by atoms with E-state index in [2.05, 4.69) is 27.8 Å². The zero-order valence-electron chi connectivity index (χ0n) is 12.1. The van der Waals surface area contributed by atoms with Gasteiger partial charge in [0, 0.05) is 25.8 Å². The van der Waals surface area contributed by atoms with Crippen LogP contribution in [0.4, 0.5) is 5.82 Å². The molecule has 1 aromatic rings. The maximum Gasteiger partial charge on any atom is 0.146 e. The zero-order valence-corrected chi connectivity index (χ0v) is 12.1. The summed E-state index contributed by atoms with van der Waals surface area (Å²) >= 11 is 0. The molecule has 0 aliphatic carbocycles. The van der Waals surface area contributed by atoms with Gasteiger partial charge in [-0.15, -0.1) is 0 Å². The Bertz CT molecular complexity index is 478. The van der Waals surface area contributed by atoms with E-state index in [1.807, 2.05) is 20.0 Å². The van der Waals surface area contributed by atoms with E-state index in [0.717, 1.165) is 24.5 Å². The second-order valence-electron chi connectivity index (χ2n) is 5.24. The van der Waals surface area contributed by atoms with E-state index in [1.165, 1.54) is 19.4 Å². The summed E-state index contributed by atoms with van der Waals surface area (Å²) in [5.74, 6) is 0.811. The normalized spacial score (nSPS) is 19.4. The lowest BCUT2D eigenvalue weighted by molar-refractivity contribution is 0.270. The first-order valence-corrected chi connectivity index (χ1v) is 6.98. The van der Waals surface area contributed by atoms with Crippen LogP contribution in [0, 0.1) is 18.3 Å². The van der Waals surface area contributed by atoms with Gasteiger partial charge in [0.2, 0.25) is 0 Å². The van der Waals surface area contributed by atoms with Crippen LogP contribution in [0.1, 0.15) is 30.9 Å². The topological polar surface area (TPSA) is 43.2 Å². The number of hydrogen-bond donors (Lipinski definition) is 0. The van der Waals surface area contributed by atoms with Gasteiger partial charge in [-0.05, 0) is 44.5 Å². The second kappa shape index (κ2) is 6.03. The molecule has 0 radical (unpaired) electrons. The van der Waals surface area contributed by atoms with Gasteiger partial charge < -0.3 is 4.90 Å². The lowest BCUT2D eigenvalue weighted by atomic mass is 10.1. The molecule has 0 spiro atoms. The van der Waals surface area contributed by atoms with E-state index in [1.54, 1.807) is 6.20 Å². The predicted octanol–water partition coefficient (Wildman–Crippen LogP) is 2.18. The van der Waals surface area contributed by atoms with Gasteiger partial charge in [0.25, 0.3) is 0 Å². The number of nitrogens with zero attached hydrogens (tertiary/aromatic N) is 4. The molecule has 102 valence electrons. The lowest BCUT2D eigenvalue weighted by Crippen LogP contribution is -2.39. The fourth-order valence-electron chi connectivity index (χ4n) is 2.89. The summed E-state index contributed by atoms with van der Waals surface area (Å²) in [4.78, 5) is 9.03. The molecule has 0 bridgehead atoms. The summed E-state index contributed by atoms with van der Waals surface area (Å²) in [6.07, 6.45) is 4.30. The van der Waals surface area contributed by atoms with Crippen LogP contribution in [0.25, 0.3) is 0 Å². The molecule has 0 amide bonds. The molecule has 1 aliphatic heterocycles. The first-order valence-electron chi connectivity index (χ1n) is 6.98. The third-order valence-electron chi connectivity index (χ3n) is 4.00. The average molecular weight is 258 g/mol. The van der Waals surface area contributed by atoms with Crippen molar-refractivity contribution in [2.24, 2.45) is 0 Å². The molecule has 0 aromatic carbocycles. The van der Waals surface area contributed by atoms with Crippen molar-refractivity contribution in [1.29, 1.82) is 5.26 Å². The van der Waals surface area contributed by atoms with Gasteiger partial charge in [-0.2, -0.15) is 5.26 Å². The largest absolute Gasteiger partial charge is 0.357 e. The first kappa shape index (κ1) is 13.8. The van der Waals surface area contributed by atoms with E-state index in [0.29, 0.717) is 11.6 Å². The fraction of sp³-hybridized carbons (Fsp3) is 0.600. The van der Waals surface area contributed by atoms with Crippen LogP contribution < -0.4 is 4.90 Å². The quantitative estimate of drug-likeness (QED) is 0.830. The number of anilines is 1. The van der Waals surface area contributed by atoms with Crippen molar-refractivity contribution in [3.63, 3.8) is 0 Å². The fourth-order valence-corrected chi connectivity index (χ4v) is 2.89. The van der Waals surface area contributed by atoms with Crippen LogP contribution in [0.5, 0.6) is 0 Å². The smallest absolute Gasteiger partial charge is 0.146 e. The minimum absolute atomic E-state index is 0.587. The molecule has 1 atom stereocenters. The van der Waals surface area contributed by atoms with E-state index in [4.69, 9.17) is 0 Å². The molecule has 1 fully saturated rings. The second-order valence-corrected chi connectivity index (χ2v) is 5.24. The molecule has 1 unspecified atom stereocenters. The number of rotatable bonds is 4. The lowest BCUT2D eigenvalue weighted by Gasteiger charge is -2.28. The van der Waals surface area contributed by atoms with E-state index < -0.39 is 0 Å². The minimum Gasteiger partial charge on any atom is -0.357 e. The Morgan fingerprint density at radius 2 is 2.37 bits per heavy atom. The Kier molecular flexibility index (Phi) is 4.39. The highest BCUT2D eigenvalue weighted by Gasteiger charge is 2.25. The molecule has 2 rings (SSSR count). The molecule has 1 saturated heterocycles. The Hall–Kier alpha value is -1.60. The van der Waals surface area contributed by atoms with Gasteiger partial charge in [0.1, 0.15) is 11.9 Å². The van der Waals surface area contributed by atoms with Crippen molar-refractivity contribution < 1.29 is 0 Å². The number of pyridine rings is 1. The predicted molar refractivity (Wildman–Crippen MR) is 77.2 cm³/mol. The highest BCUT2D eigenvalue weighted by Crippen LogP contribution is 2.22. The first-order chi connectivity index (χ1) is 9.17. The number of nitriles is 1. The molecular weight excluding hydrogens is 236 g/mol. The summed E-state index contributed by atoms with van der Waals surface area (Å²) in [6, 6.07) is 4.76. The standard InChI is InChI=1S/C15H22N4/c1-4-19-9-5-6-13(19)11-18(3)15-14(10-16)12(2)7-8-17-15/h7-8,13H,4-6,9,11H2,1-3H3. The monoisotopic (exact) mass is 258 g/mol.